The van der Waals surface area contributed by atoms with Crippen molar-refractivity contribution in [3.63, 3.8) is 0 Å². The summed E-state index contributed by atoms with van der Waals surface area (Å²) in [5.74, 6) is -0.724. The van der Waals surface area contributed by atoms with E-state index in [0.29, 0.717) is 6.42 Å². The number of fused-ring (bicyclic) bond motifs is 1. The molecule has 19 heavy (non-hydrogen) atoms. The lowest BCUT2D eigenvalue weighted by Crippen LogP contribution is -2.23. The van der Waals surface area contributed by atoms with Gasteiger partial charge in [-0.05, 0) is 44.1 Å². The molecule has 5 nitrogen and oxygen atoms in total. The third kappa shape index (κ3) is 4.06. The number of carboxylic acids is 1. The van der Waals surface area contributed by atoms with Crippen molar-refractivity contribution < 1.29 is 9.90 Å². The second-order valence-electron chi connectivity index (χ2n) is 4.80. The molecule has 5 heteroatoms. The number of imidazole rings is 1. The van der Waals surface area contributed by atoms with Crippen LogP contribution in [0.5, 0.6) is 0 Å². The number of hydrogen-bond acceptors (Lipinski definition) is 3. The van der Waals surface area contributed by atoms with E-state index in [0.717, 1.165) is 30.5 Å². The zero-order valence-electron chi connectivity index (χ0n) is 11.1. The Morgan fingerprint density at radius 1 is 1.42 bits per heavy atom. The summed E-state index contributed by atoms with van der Waals surface area (Å²) < 4.78 is 0. The fourth-order valence-electron chi connectivity index (χ4n) is 2.07. The molecule has 0 aliphatic carbocycles. The number of aromatic nitrogens is 2. The smallest absolute Gasteiger partial charge is 0.303 e. The van der Waals surface area contributed by atoms with Gasteiger partial charge in [0.1, 0.15) is 0 Å². The lowest BCUT2D eigenvalue weighted by Gasteiger charge is -2.15. The molecule has 0 amide bonds. The molecule has 0 fully saturated rings. The largest absolute Gasteiger partial charge is 0.481 e. The van der Waals surface area contributed by atoms with Crippen molar-refractivity contribution in [2.24, 2.45) is 0 Å². The van der Waals surface area contributed by atoms with Crippen LogP contribution in [0.4, 0.5) is 0 Å². The number of likely N-dealkylation sites (N-methyl/N-ethyl adjacent to an activating group) is 1. The van der Waals surface area contributed by atoms with Crippen LogP contribution >= 0.6 is 0 Å². The maximum absolute atomic E-state index is 10.4. The van der Waals surface area contributed by atoms with Crippen LogP contribution in [0.25, 0.3) is 11.0 Å². The molecule has 0 saturated carbocycles. The van der Waals surface area contributed by atoms with Gasteiger partial charge in [-0.2, -0.15) is 0 Å². The minimum Gasteiger partial charge on any atom is -0.481 e. The number of carboxylic acid groups (broad SMARTS) is 1. The topological polar surface area (TPSA) is 69.2 Å². The predicted molar refractivity (Wildman–Crippen MR) is 74.2 cm³/mol. The summed E-state index contributed by atoms with van der Waals surface area (Å²) in [5, 5.41) is 8.59. The molecule has 0 aliphatic heterocycles. The molecule has 2 N–H and O–H groups in total. The van der Waals surface area contributed by atoms with Crippen molar-refractivity contribution in [2.45, 2.75) is 19.3 Å². The number of nitrogens with one attached hydrogen (secondary N) is 1. The monoisotopic (exact) mass is 261 g/mol. The van der Waals surface area contributed by atoms with E-state index in [2.05, 4.69) is 27.0 Å². The third-order valence-corrected chi connectivity index (χ3v) is 3.20. The Balaban J connectivity index is 1.79. The van der Waals surface area contributed by atoms with Gasteiger partial charge >= 0.3 is 5.97 Å². The van der Waals surface area contributed by atoms with E-state index in [9.17, 15) is 4.79 Å². The summed E-state index contributed by atoms with van der Waals surface area (Å²) in [7, 11) is 2.02. The molecule has 0 aliphatic rings. The van der Waals surface area contributed by atoms with Crippen molar-refractivity contribution in [3.8, 4) is 0 Å². The quantitative estimate of drug-likeness (QED) is 0.798. The number of H-pyrrole nitrogens is 1. The van der Waals surface area contributed by atoms with E-state index in [4.69, 9.17) is 5.11 Å². The van der Waals surface area contributed by atoms with Crippen molar-refractivity contribution >= 4 is 17.0 Å². The summed E-state index contributed by atoms with van der Waals surface area (Å²) in [6, 6.07) is 6.23. The highest BCUT2D eigenvalue weighted by Crippen LogP contribution is 2.12. The lowest BCUT2D eigenvalue weighted by atomic mass is 10.1. The number of aromatic amines is 1. The number of rotatable bonds is 7. The minimum atomic E-state index is -0.724. The van der Waals surface area contributed by atoms with Crippen LogP contribution in [0.2, 0.25) is 0 Å². The van der Waals surface area contributed by atoms with Gasteiger partial charge in [0.15, 0.2) is 0 Å². The summed E-state index contributed by atoms with van der Waals surface area (Å²) >= 11 is 0. The van der Waals surface area contributed by atoms with Gasteiger partial charge < -0.3 is 15.0 Å². The first-order chi connectivity index (χ1) is 9.15. The molecule has 2 aromatic rings. The number of hydrogen-bond donors (Lipinski definition) is 2. The van der Waals surface area contributed by atoms with Crippen LogP contribution in [0.3, 0.4) is 0 Å². The van der Waals surface area contributed by atoms with Crippen LogP contribution in [-0.2, 0) is 11.2 Å². The Labute approximate surface area is 112 Å². The van der Waals surface area contributed by atoms with Crippen molar-refractivity contribution in [3.05, 3.63) is 30.1 Å². The molecule has 2 rings (SSSR count). The summed E-state index contributed by atoms with van der Waals surface area (Å²) in [4.78, 5) is 19.9. The molecule has 0 spiro atoms. The highest BCUT2D eigenvalue weighted by molar-refractivity contribution is 5.75. The van der Waals surface area contributed by atoms with Gasteiger partial charge in [0.25, 0.3) is 0 Å². The highest BCUT2D eigenvalue weighted by Gasteiger charge is 2.03. The fraction of sp³-hybridized carbons (Fsp3) is 0.429. The van der Waals surface area contributed by atoms with Gasteiger partial charge in [-0.1, -0.05) is 6.07 Å². The van der Waals surface area contributed by atoms with Gasteiger partial charge in [-0.25, -0.2) is 4.98 Å². The van der Waals surface area contributed by atoms with Gasteiger partial charge in [-0.15, -0.1) is 0 Å². The molecule has 1 aromatic heterocycles. The number of aliphatic carboxylic acids is 1. The zero-order valence-corrected chi connectivity index (χ0v) is 11.1. The van der Waals surface area contributed by atoms with E-state index < -0.39 is 5.97 Å². The van der Waals surface area contributed by atoms with Gasteiger partial charge in [-0.3, -0.25) is 4.79 Å². The zero-order chi connectivity index (χ0) is 13.7. The van der Waals surface area contributed by atoms with Crippen molar-refractivity contribution in [2.75, 3.05) is 20.1 Å². The summed E-state index contributed by atoms with van der Waals surface area (Å²) in [6.45, 7) is 1.75. The maximum atomic E-state index is 10.4. The van der Waals surface area contributed by atoms with E-state index in [1.807, 2.05) is 13.1 Å². The minimum absolute atomic E-state index is 0.241. The molecule has 1 heterocycles. The Kier molecular flexibility index (Phi) is 4.52. The van der Waals surface area contributed by atoms with E-state index in [1.54, 1.807) is 6.33 Å². The average Bonchev–Trinajstić information content (AvgIpc) is 2.83. The SMILES string of the molecule is CN(CCCC(=O)O)CCc1ccc2nc[nH]c2c1. The maximum Gasteiger partial charge on any atom is 0.303 e. The van der Waals surface area contributed by atoms with E-state index in [-0.39, 0.29) is 6.42 Å². The molecular formula is C14H19N3O2. The third-order valence-electron chi connectivity index (χ3n) is 3.20. The molecule has 0 unspecified atom stereocenters. The second-order valence-corrected chi connectivity index (χ2v) is 4.80. The summed E-state index contributed by atoms with van der Waals surface area (Å²) in [5.41, 5.74) is 3.31. The van der Waals surface area contributed by atoms with Crippen LogP contribution in [0, 0.1) is 0 Å². The Morgan fingerprint density at radius 2 is 2.26 bits per heavy atom. The second kappa shape index (κ2) is 6.33. The van der Waals surface area contributed by atoms with E-state index >= 15 is 0 Å². The van der Waals surface area contributed by atoms with Gasteiger partial charge in [0.05, 0.1) is 17.4 Å². The lowest BCUT2D eigenvalue weighted by molar-refractivity contribution is -0.137. The normalized spacial score (nSPS) is 11.3. The van der Waals surface area contributed by atoms with Gasteiger partial charge in [0.2, 0.25) is 0 Å². The first-order valence-corrected chi connectivity index (χ1v) is 6.47. The number of benzene rings is 1. The van der Waals surface area contributed by atoms with E-state index in [1.165, 1.54) is 5.56 Å². The standard InChI is InChI=1S/C14H19N3O2/c1-17(7-2-3-14(18)19)8-6-11-4-5-12-13(9-11)16-10-15-12/h4-5,9-10H,2-3,6-8H2,1H3,(H,15,16)(H,18,19). The predicted octanol–water partition coefficient (Wildman–Crippen LogP) is 1.90. The first-order valence-electron chi connectivity index (χ1n) is 6.47. The van der Waals surface area contributed by atoms with Gasteiger partial charge in [0, 0.05) is 13.0 Å². The average molecular weight is 261 g/mol. The molecule has 0 saturated heterocycles. The molecule has 102 valence electrons. The molecule has 0 bridgehead atoms. The Hall–Kier alpha value is -1.88. The van der Waals surface area contributed by atoms with Crippen molar-refractivity contribution in [1.29, 1.82) is 0 Å². The van der Waals surface area contributed by atoms with Crippen LogP contribution < -0.4 is 0 Å². The highest BCUT2D eigenvalue weighted by atomic mass is 16.4. The van der Waals surface area contributed by atoms with Crippen molar-refractivity contribution in [1.82, 2.24) is 14.9 Å². The fourth-order valence-corrected chi connectivity index (χ4v) is 2.07. The Morgan fingerprint density at radius 3 is 3.05 bits per heavy atom. The van der Waals surface area contributed by atoms with Crippen LogP contribution in [-0.4, -0.2) is 46.1 Å². The molecular weight excluding hydrogens is 242 g/mol. The molecule has 1 aromatic carbocycles. The van der Waals surface area contributed by atoms with Crippen LogP contribution in [0.1, 0.15) is 18.4 Å². The Bertz CT molecular complexity index is 550. The number of carbonyl (C=O) groups is 1. The summed E-state index contributed by atoms with van der Waals surface area (Å²) in [6.07, 6.45) is 3.60. The van der Waals surface area contributed by atoms with Crippen LogP contribution in [0.15, 0.2) is 24.5 Å². The first kappa shape index (κ1) is 13.5. The molecule has 0 atom stereocenters. The number of nitrogens with zero attached hydrogens (tertiary/aromatic N) is 2. The molecule has 0 radical (unpaired) electrons.